The number of piperidine rings is 1. The van der Waals surface area contributed by atoms with Crippen molar-refractivity contribution in [3.05, 3.63) is 23.1 Å². The van der Waals surface area contributed by atoms with E-state index in [4.69, 9.17) is 27.8 Å². The molecule has 0 bridgehead atoms. The summed E-state index contributed by atoms with van der Waals surface area (Å²) >= 11 is 6.09. The Bertz CT molecular complexity index is 966. The van der Waals surface area contributed by atoms with Gasteiger partial charge in [-0.15, -0.1) is 0 Å². The summed E-state index contributed by atoms with van der Waals surface area (Å²) in [6.07, 6.45) is -2.21. The lowest BCUT2D eigenvalue weighted by molar-refractivity contribution is -0.0110. The Balaban J connectivity index is 2.21. The quantitative estimate of drug-likeness (QED) is 0.720. The fourth-order valence-corrected chi connectivity index (χ4v) is 4.00. The average molecular weight is 425 g/mol. The van der Waals surface area contributed by atoms with Crippen LogP contribution in [0.3, 0.4) is 0 Å². The van der Waals surface area contributed by atoms with E-state index in [1.807, 2.05) is 20.8 Å². The average Bonchev–Trinajstić information content (AvgIpc) is 2.60. The number of aromatic nitrogens is 3. The minimum atomic E-state index is -1.39. The molecule has 1 fully saturated rings. The van der Waals surface area contributed by atoms with Crippen molar-refractivity contribution in [3.8, 4) is 0 Å². The van der Waals surface area contributed by atoms with E-state index >= 15 is 0 Å². The van der Waals surface area contributed by atoms with Gasteiger partial charge in [-0.25, -0.2) is 24.1 Å². The number of hydrogen-bond acceptors (Lipinski definition) is 7. The number of halogens is 2. The van der Waals surface area contributed by atoms with Gasteiger partial charge in [0.05, 0.1) is 11.6 Å². The van der Waals surface area contributed by atoms with Crippen LogP contribution in [0.4, 0.5) is 15.0 Å². The Kier molecular flexibility index (Phi) is 5.48. The van der Waals surface area contributed by atoms with Gasteiger partial charge < -0.3 is 21.1 Å². The summed E-state index contributed by atoms with van der Waals surface area (Å²) in [7, 11) is 0. The van der Waals surface area contributed by atoms with Gasteiger partial charge in [0.25, 0.3) is 5.91 Å². The number of amides is 2. The highest BCUT2D eigenvalue weighted by atomic mass is 35.5. The number of anilines is 1. The van der Waals surface area contributed by atoms with Gasteiger partial charge in [0.15, 0.2) is 11.9 Å². The fourth-order valence-electron chi connectivity index (χ4n) is 3.81. The molecular weight excluding hydrogens is 403 g/mol. The molecule has 1 saturated heterocycles. The smallest absolute Gasteiger partial charge is 0.404 e. The van der Waals surface area contributed by atoms with E-state index < -0.39 is 35.7 Å². The summed E-state index contributed by atoms with van der Waals surface area (Å²) in [6, 6.07) is 0.714. The minimum Gasteiger partial charge on any atom is -0.441 e. The number of pyridine rings is 1. The monoisotopic (exact) mass is 424 g/mol. The first-order chi connectivity index (χ1) is 13.5. The minimum absolute atomic E-state index is 0.0416. The highest BCUT2D eigenvalue weighted by molar-refractivity contribution is 6.30. The zero-order valence-corrected chi connectivity index (χ0v) is 17.0. The standard InChI is InChI=1S/C18H22ClFN6O3/c1-18(2,3)14-13(29-17(22)28)9(20)4-5-26(14)16-12-11(23-7-24-16)8(15(21)27)6-10(19)25-12/h6-7,9,13-14H,4-5H2,1-3H3,(H2,21,27)(H2,22,28). The van der Waals surface area contributed by atoms with Crippen molar-refractivity contribution in [3.63, 3.8) is 0 Å². The number of nitrogens with zero attached hydrogens (tertiary/aromatic N) is 4. The van der Waals surface area contributed by atoms with Gasteiger partial charge in [0.1, 0.15) is 28.7 Å². The third-order valence-corrected chi connectivity index (χ3v) is 5.06. The van der Waals surface area contributed by atoms with Gasteiger partial charge in [-0.3, -0.25) is 4.79 Å². The lowest BCUT2D eigenvalue weighted by Crippen LogP contribution is -2.61. The molecule has 2 amide bonds. The predicted molar refractivity (Wildman–Crippen MR) is 105 cm³/mol. The largest absolute Gasteiger partial charge is 0.441 e. The zero-order chi connectivity index (χ0) is 21.5. The Labute approximate surface area is 171 Å². The number of alkyl halides is 1. The summed E-state index contributed by atoms with van der Waals surface area (Å²) in [6.45, 7) is 5.93. The Morgan fingerprint density at radius 3 is 2.55 bits per heavy atom. The maximum atomic E-state index is 14.7. The zero-order valence-electron chi connectivity index (χ0n) is 16.2. The normalized spacial score (nSPS) is 22.5. The van der Waals surface area contributed by atoms with Crippen LogP contribution in [-0.4, -0.2) is 51.8 Å². The number of hydrogen-bond donors (Lipinski definition) is 2. The first kappa shape index (κ1) is 21.0. The second kappa shape index (κ2) is 7.58. The molecule has 3 unspecified atom stereocenters. The van der Waals surface area contributed by atoms with E-state index in [0.717, 1.165) is 0 Å². The van der Waals surface area contributed by atoms with Crippen LogP contribution in [0.5, 0.6) is 0 Å². The summed E-state index contributed by atoms with van der Waals surface area (Å²) in [4.78, 5) is 37.8. The van der Waals surface area contributed by atoms with Crippen molar-refractivity contribution in [2.45, 2.75) is 45.5 Å². The van der Waals surface area contributed by atoms with Crippen LogP contribution < -0.4 is 16.4 Å². The summed E-state index contributed by atoms with van der Waals surface area (Å²) in [5, 5.41) is 0.0416. The van der Waals surface area contributed by atoms with E-state index in [0.29, 0.717) is 5.82 Å². The van der Waals surface area contributed by atoms with Gasteiger partial charge in [-0.05, 0) is 17.9 Å². The second-order valence-corrected chi connectivity index (χ2v) is 8.35. The fraction of sp³-hybridized carbons (Fsp3) is 0.500. The first-order valence-corrected chi connectivity index (χ1v) is 9.36. The second-order valence-electron chi connectivity index (χ2n) is 7.96. The molecule has 9 nitrogen and oxygen atoms in total. The van der Waals surface area contributed by atoms with Crippen LogP contribution >= 0.6 is 11.6 Å². The van der Waals surface area contributed by atoms with Gasteiger partial charge in [0, 0.05) is 6.54 Å². The molecule has 1 aliphatic rings. The number of fused-ring (bicyclic) bond motifs is 1. The molecule has 0 aromatic carbocycles. The molecule has 0 radical (unpaired) electrons. The molecule has 2 aromatic rings. The van der Waals surface area contributed by atoms with Crippen molar-refractivity contribution in [1.82, 2.24) is 15.0 Å². The number of carbonyl (C=O) groups excluding carboxylic acids is 2. The molecule has 4 N–H and O–H groups in total. The van der Waals surface area contributed by atoms with Crippen molar-refractivity contribution < 1.29 is 18.7 Å². The molecule has 0 spiro atoms. The predicted octanol–water partition coefficient (Wildman–Crippen LogP) is 2.20. The lowest BCUT2D eigenvalue weighted by atomic mass is 9.78. The van der Waals surface area contributed by atoms with Crippen molar-refractivity contribution in [1.29, 1.82) is 0 Å². The highest BCUT2D eigenvalue weighted by Crippen LogP contribution is 2.39. The Hall–Kier alpha value is -2.75. The number of ether oxygens (including phenoxy) is 1. The third kappa shape index (κ3) is 4.02. The summed E-state index contributed by atoms with van der Waals surface area (Å²) in [5.74, 6) is -0.376. The van der Waals surface area contributed by atoms with E-state index in [2.05, 4.69) is 15.0 Å². The van der Waals surface area contributed by atoms with Crippen LogP contribution in [0, 0.1) is 5.41 Å². The number of rotatable bonds is 3. The topological polar surface area (TPSA) is 137 Å². The molecule has 2 aromatic heterocycles. The van der Waals surface area contributed by atoms with Crippen LogP contribution in [0.1, 0.15) is 37.6 Å². The van der Waals surface area contributed by atoms with E-state index in [-0.39, 0.29) is 34.7 Å². The molecule has 156 valence electrons. The molecule has 3 heterocycles. The first-order valence-electron chi connectivity index (χ1n) is 8.98. The van der Waals surface area contributed by atoms with Crippen molar-refractivity contribution >= 4 is 40.5 Å². The van der Waals surface area contributed by atoms with Crippen molar-refractivity contribution in [2.24, 2.45) is 16.9 Å². The number of nitrogens with two attached hydrogens (primary N) is 2. The molecule has 3 rings (SSSR count). The lowest BCUT2D eigenvalue weighted by Gasteiger charge is -2.48. The highest BCUT2D eigenvalue weighted by Gasteiger charge is 2.47. The number of carbonyl (C=O) groups is 2. The SMILES string of the molecule is CC(C)(C)C1C(OC(N)=O)C(F)CCN1c1ncnc2c(C(N)=O)cc(Cl)nc12. The van der Waals surface area contributed by atoms with Gasteiger partial charge in [-0.2, -0.15) is 0 Å². The molecule has 0 saturated carbocycles. The Morgan fingerprint density at radius 1 is 1.28 bits per heavy atom. The molecule has 11 heteroatoms. The van der Waals surface area contributed by atoms with Crippen LogP contribution in [0.25, 0.3) is 11.0 Å². The van der Waals surface area contributed by atoms with Gasteiger partial charge in [-0.1, -0.05) is 32.4 Å². The molecule has 3 atom stereocenters. The van der Waals surface area contributed by atoms with Gasteiger partial charge in [0.2, 0.25) is 0 Å². The van der Waals surface area contributed by atoms with E-state index in [1.54, 1.807) is 4.90 Å². The van der Waals surface area contributed by atoms with E-state index in [1.165, 1.54) is 12.4 Å². The molecule has 29 heavy (non-hydrogen) atoms. The summed E-state index contributed by atoms with van der Waals surface area (Å²) in [5.41, 5.74) is 10.7. The maximum Gasteiger partial charge on any atom is 0.404 e. The van der Waals surface area contributed by atoms with E-state index in [9.17, 15) is 14.0 Å². The molecule has 0 aliphatic carbocycles. The molecular formula is C18H22ClFN6O3. The van der Waals surface area contributed by atoms with Crippen LogP contribution in [0.2, 0.25) is 5.15 Å². The number of primary amides is 2. The maximum absolute atomic E-state index is 14.7. The third-order valence-electron chi connectivity index (χ3n) is 4.87. The van der Waals surface area contributed by atoms with Crippen LogP contribution in [-0.2, 0) is 4.74 Å². The Morgan fingerprint density at radius 2 is 1.97 bits per heavy atom. The van der Waals surface area contributed by atoms with Gasteiger partial charge >= 0.3 is 6.09 Å². The summed E-state index contributed by atoms with van der Waals surface area (Å²) < 4.78 is 19.9. The van der Waals surface area contributed by atoms with Crippen molar-refractivity contribution in [2.75, 3.05) is 11.4 Å². The van der Waals surface area contributed by atoms with Crippen LogP contribution in [0.15, 0.2) is 12.4 Å². The molecule has 1 aliphatic heterocycles.